The Balaban J connectivity index is 2.92. The van der Waals surface area contributed by atoms with Gasteiger partial charge in [-0.25, -0.2) is 4.79 Å². The van der Waals surface area contributed by atoms with Gasteiger partial charge in [-0.05, 0) is 18.5 Å². The van der Waals surface area contributed by atoms with Crippen molar-refractivity contribution in [2.45, 2.75) is 6.92 Å². The molecular formula is C8H8N4O2S. The van der Waals surface area contributed by atoms with Crippen molar-refractivity contribution in [2.75, 3.05) is 6.61 Å². The highest BCUT2D eigenvalue weighted by molar-refractivity contribution is 7.10. The Morgan fingerprint density at radius 1 is 1.87 bits per heavy atom. The van der Waals surface area contributed by atoms with Gasteiger partial charge in [0, 0.05) is 16.0 Å². The molecule has 0 aliphatic heterocycles. The van der Waals surface area contributed by atoms with Crippen molar-refractivity contribution in [2.24, 2.45) is 5.11 Å². The van der Waals surface area contributed by atoms with Gasteiger partial charge in [0.15, 0.2) is 0 Å². The number of carbonyl (C=O) groups is 1. The molecule has 0 amide bonds. The molecule has 7 heteroatoms. The fraction of sp³-hybridized carbons (Fsp3) is 0.250. The van der Waals surface area contributed by atoms with Crippen LogP contribution in [0.1, 0.15) is 11.8 Å². The maximum absolute atomic E-state index is 11.3. The molecule has 0 aliphatic rings. The summed E-state index contributed by atoms with van der Waals surface area (Å²) in [6, 6.07) is 0. The van der Waals surface area contributed by atoms with Gasteiger partial charge in [0.05, 0.1) is 12.1 Å². The Kier molecular flexibility index (Phi) is 4.33. The van der Waals surface area contributed by atoms with Crippen LogP contribution in [0.4, 0.5) is 0 Å². The molecule has 0 N–H and O–H groups in total. The van der Waals surface area contributed by atoms with Crippen molar-refractivity contribution in [1.29, 1.82) is 0 Å². The average Bonchev–Trinajstić information content (AvgIpc) is 2.70. The van der Waals surface area contributed by atoms with Crippen molar-refractivity contribution >= 4 is 23.4 Å². The predicted molar refractivity (Wildman–Crippen MR) is 55.9 cm³/mol. The number of thiazole rings is 1. The lowest BCUT2D eigenvalue weighted by Gasteiger charge is -1.99. The number of nitrogens with zero attached hydrogens (tertiary/aromatic N) is 4. The monoisotopic (exact) mass is 224 g/mol. The van der Waals surface area contributed by atoms with Gasteiger partial charge in [-0.1, -0.05) is 5.11 Å². The summed E-state index contributed by atoms with van der Waals surface area (Å²) in [5.74, 6) is -0.635. The molecule has 1 aromatic rings. The first kappa shape index (κ1) is 11.2. The van der Waals surface area contributed by atoms with Crippen LogP contribution in [0, 0.1) is 0 Å². The van der Waals surface area contributed by atoms with E-state index < -0.39 is 5.97 Å². The number of rotatable bonds is 4. The molecule has 15 heavy (non-hydrogen) atoms. The van der Waals surface area contributed by atoms with E-state index in [2.05, 4.69) is 15.0 Å². The third-order valence-corrected chi connectivity index (χ3v) is 2.09. The van der Waals surface area contributed by atoms with Crippen molar-refractivity contribution in [3.8, 4) is 0 Å². The van der Waals surface area contributed by atoms with Gasteiger partial charge >= 0.3 is 5.97 Å². The Hall–Kier alpha value is -1.85. The van der Waals surface area contributed by atoms with E-state index in [-0.39, 0.29) is 12.3 Å². The summed E-state index contributed by atoms with van der Waals surface area (Å²) in [6.45, 7) is 1.91. The molecule has 1 heterocycles. The fourth-order valence-corrected chi connectivity index (χ4v) is 1.36. The zero-order chi connectivity index (χ0) is 11.1. The molecular weight excluding hydrogens is 216 g/mol. The summed E-state index contributed by atoms with van der Waals surface area (Å²) in [7, 11) is 0. The van der Waals surface area contributed by atoms with Crippen molar-refractivity contribution in [3.05, 3.63) is 32.7 Å². The van der Waals surface area contributed by atoms with Crippen LogP contribution in [0.25, 0.3) is 16.5 Å². The Morgan fingerprint density at radius 2 is 2.67 bits per heavy atom. The number of hydrogen-bond donors (Lipinski definition) is 0. The first-order valence-electron chi connectivity index (χ1n) is 4.10. The summed E-state index contributed by atoms with van der Waals surface area (Å²) in [4.78, 5) is 18.4. The highest BCUT2D eigenvalue weighted by atomic mass is 32.1. The molecule has 0 fully saturated rings. The van der Waals surface area contributed by atoms with Crippen LogP contribution >= 0.6 is 11.3 Å². The second-order valence-corrected chi connectivity index (χ2v) is 3.26. The molecule has 0 bridgehead atoms. The van der Waals surface area contributed by atoms with E-state index >= 15 is 0 Å². The lowest BCUT2D eigenvalue weighted by molar-refractivity contribution is -0.138. The molecule has 0 unspecified atom stereocenters. The average molecular weight is 224 g/mol. The molecule has 0 saturated heterocycles. The standard InChI is InChI=1S/C8H8N4O2S/c1-2-14-8(13)7(11-12-9)3-6-4-10-5-15-6/h3-5H,2H2,1H3. The second-order valence-electron chi connectivity index (χ2n) is 2.34. The van der Waals surface area contributed by atoms with E-state index in [4.69, 9.17) is 10.3 Å². The van der Waals surface area contributed by atoms with Gasteiger partial charge in [-0.15, -0.1) is 11.3 Å². The number of ether oxygens (including phenoxy) is 1. The third-order valence-electron chi connectivity index (χ3n) is 1.37. The Morgan fingerprint density at radius 3 is 3.20 bits per heavy atom. The number of azide groups is 1. The second kappa shape index (κ2) is 5.79. The highest BCUT2D eigenvalue weighted by Crippen LogP contribution is 2.13. The van der Waals surface area contributed by atoms with Gasteiger partial charge in [0.1, 0.15) is 5.70 Å². The van der Waals surface area contributed by atoms with Gasteiger partial charge < -0.3 is 4.74 Å². The number of aromatic nitrogens is 1. The quantitative estimate of drug-likeness (QED) is 0.258. The lowest BCUT2D eigenvalue weighted by atomic mass is 10.4. The van der Waals surface area contributed by atoms with Crippen LogP contribution in [-0.2, 0) is 9.53 Å². The maximum Gasteiger partial charge on any atom is 0.340 e. The predicted octanol–water partition coefficient (Wildman–Crippen LogP) is 2.36. The topological polar surface area (TPSA) is 88.0 Å². The summed E-state index contributed by atoms with van der Waals surface area (Å²) < 4.78 is 4.72. The van der Waals surface area contributed by atoms with E-state index in [1.165, 1.54) is 17.4 Å². The molecule has 78 valence electrons. The molecule has 0 saturated carbocycles. The number of carbonyl (C=O) groups excluding carboxylic acids is 1. The lowest BCUT2D eigenvalue weighted by Crippen LogP contribution is -2.05. The maximum atomic E-state index is 11.3. The van der Waals surface area contributed by atoms with E-state index in [9.17, 15) is 4.79 Å². The third kappa shape index (κ3) is 3.41. The Bertz CT molecular complexity index is 406. The minimum absolute atomic E-state index is 0.0661. The van der Waals surface area contributed by atoms with E-state index in [0.717, 1.165) is 4.88 Å². The molecule has 0 radical (unpaired) electrons. The molecule has 0 aliphatic carbocycles. The highest BCUT2D eigenvalue weighted by Gasteiger charge is 2.08. The van der Waals surface area contributed by atoms with Crippen molar-refractivity contribution in [3.63, 3.8) is 0 Å². The van der Waals surface area contributed by atoms with Gasteiger partial charge in [-0.2, -0.15) is 0 Å². The van der Waals surface area contributed by atoms with Crippen LogP contribution in [0.2, 0.25) is 0 Å². The van der Waals surface area contributed by atoms with Crippen LogP contribution in [-0.4, -0.2) is 17.6 Å². The van der Waals surface area contributed by atoms with Crippen LogP contribution in [0.15, 0.2) is 22.5 Å². The zero-order valence-corrected chi connectivity index (χ0v) is 8.77. The van der Waals surface area contributed by atoms with E-state index in [1.54, 1.807) is 18.6 Å². The van der Waals surface area contributed by atoms with E-state index in [0.29, 0.717) is 0 Å². The van der Waals surface area contributed by atoms with Gasteiger partial charge in [-0.3, -0.25) is 4.98 Å². The summed E-state index contributed by atoms with van der Waals surface area (Å²) in [5, 5.41) is 3.26. The van der Waals surface area contributed by atoms with Crippen LogP contribution in [0.5, 0.6) is 0 Å². The van der Waals surface area contributed by atoms with Crippen LogP contribution in [0.3, 0.4) is 0 Å². The minimum Gasteiger partial charge on any atom is -0.462 e. The SMILES string of the molecule is CCOC(=O)C(=Cc1cncs1)N=[N+]=[N-]. The molecule has 1 aromatic heterocycles. The molecule has 6 nitrogen and oxygen atoms in total. The fourth-order valence-electron chi connectivity index (χ4n) is 0.813. The first-order valence-corrected chi connectivity index (χ1v) is 4.98. The summed E-state index contributed by atoms with van der Waals surface area (Å²) in [6.07, 6.45) is 3.01. The number of hydrogen-bond acceptors (Lipinski definition) is 5. The van der Waals surface area contributed by atoms with Crippen molar-refractivity contribution < 1.29 is 9.53 Å². The molecule has 0 atom stereocenters. The van der Waals surface area contributed by atoms with E-state index in [1.807, 2.05) is 0 Å². The molecule has 1 rings (SSSR count). The zero-order valence-electron chi connectivity index (χ0n) is 7.95. The normalized spacial score (nSPS) is 10.6. The smallest absolute Gasteiger partial charge is 0.340 e. The molecule has 0 spiro atoms. The number of esters is 1. The largest absolute Gasteiger partial charge is 0.462 e. The first-order chi connectivity index (χ1) is 7.27. The van der Waals surface area contributed by atoms with Crippen molar-refractivity contribution in [1.82, 2.24) is 4.98 Å². The summed E-state index contributed by atoms with van der Waals surface area (Å²) in [5.41, 5.74) is 9.83. The Labute approximate surface area is 89.8 Å². The molecule has 0 aromatic carbocycles. The van der Waals surface area contributed by atoms with Gasteiger partial charge in [0.2, 0.25) is 0 Å². The minimum atomic E-state index is -0.635. The van der Waals surface area contributed by atoms with Gasteiger partial charge in [0.25, 0.3) is 0 Å². The van der Waals surface area contributed by atoms with Crippen LogP contribution < -0.4 is 0 Å². The summed E-state index contributed by atoms with van der Waals surface area (Å²) >= 11 is 1.33.